The van der Waals surface area contributed by atoms with Crippen LogP contribution in [0.5, 0.6) is 0 Å². The molecule has 0 aliphatic carbocycles. The Morgan fingerprint density at radius 2 is 1.41 bits per heavy atom. The van der Waals surface area contributed by atoms with E-state index in [1.807, 2.05) is 17.4 Å². The molecular formula is C24H25F4N3O3. The molecule has 2 aromatic carbocycles. The standard InChI is InChI=1S/C24H25F4N3O3/c1-24(2,34)22(32)30-9-7-13(8-10-30)16-17(25)19(27)21(20(28)18(16)26)29-23(33)31-11-14-5-3-4-6-15(14)12-31/h3-6,13,34H,7-12H2,1-2H3,(H,29,33). The number of aliphatic hydroxyl groups is 1. The van der Waals surface area contributed by atoms with Gasteiger partial charge in [0.05, 0.1) is 0 Å². The Morgan fingerprint density at radius 1 is 0.912 bits per heavy atom. The molecule has 0 unspecified atom stereocenters. The molecule has 182 valence electrons. The number of piperidine rings is 1. The summed E-state index contributed by atoms with van der Waals surface area (Å²) >= 11 is 0. The molecule has 2 N–H and O–H groups in total. The highest BCUT2D eigenvalue weighted by molar-refractivity contribution is 5.90. The molecule has 6 nitrogen and oxygen atoms in total. The SMILES string of the molecule is CC(C)(O)C(=O)N1CCC(c2c(F)c(F)c(NC(=O)N3Cc4ccccc4C3)c(F)c2F)CC1. The van der Waals surface area contributed by atoms with E-state index in [2.05, 4.69) is 0 Å². The van der Waals surface area contributed by atoms with Crippen LogP contribution in [0.3, 0.4) is 0 Å². The van der Waals surface area contributed by atoms with Crippen LogP contribution in [0.2, 0.25) is 0 Å². The summed E-state index contributed by atoms with van der Waals surface area (Å²) in [5, 5.41) is 11.8. The molecule has 34 heavy (non-hydrogen) atoms. The Hall–Kier alpha value is -3.14. The van der Waals surface area contributed by atoms with Gasteiger partial charge in [-0.05, 0) is 43.7 Å². The van der Waals surface area contributed by atoms with Gasteiger partial charge in [-0.25, -0.2) is 22.4 Å². The Bertz CT molecular complexity index is 1090. The fraction of sp³-hybridized carbons (Fsp3) is 0.417. The highest BCUT2D eigenvalue weighted by atomic mass is 19.2. The number of fused-ring (bicyclic) bond motifs is 1. The number of benzene rings is 2. The molecule has 0 radical (unpaired) electrons. The summed E-state index contributed by atoms with van der Waals surface area (Å²) < 4.78 is 59.4. The van der Waals surface area contributed by atoms with E-state index in [0.29, 0.717) is 0 Å². The molecule has 2 aliphatic heterocycles. The third-order valence-corrected chi connectivity index (χ3v) is 6.37. The minimum atomic E-state index is -1.67. The number of hydrogen-bond acceptors (Lipinski definition) is 3. The first-order valence-electron chi connectivity index (χ1n) is 11.0. The van der Waals surface area contributed by atoms with Gasteiger partial charge in [0.15, 0.2) is 23.3 Å². The lowest BCUT2D eigenvalue weighted by atomic mass is 9.87. The van der Waals surface area contributed by atoms with E-state index in [1.54, 1.807) is 12.1 Å². The average molecular weight is 479 g/mol. The zero-order chi connectivity index (χ0) is 24.8. The van der Waals surface area contributed by atoms with Crippen molar-refractivity contribution in [2.45, 2.75) is 51.3 Å². The van der Waals surface area contributed by atoms with Gasteiger partial charge in [-0.2, -0.15) is 0 Å². The maximum absolute atomic E-state index is 14.9. The van der Waals surface area contributed by atoms with Crippen molar-refractivity contribution in [1.82, 2.24) is 9.80 Å². The summed E-state index contributed by atoms with van der Waals surface area (Å²) in [4.78, 5) is 27.4. The van der Waals surface area contributed by atoms with E-state index < -0.39 is 58.0 Å². The Morgan fingerprint density at radius 3 is 1.88 bits per heavy atom. The zero-order valence-corrected chi connectivity index (χ0v) is 18.8. The van der Waals surface area contributed by atoms with Crippen LogP contribution in [0, 0.1) is 23.3 Å². The number of urea groups is 1. The lowest BCUT2D eigenvalue weighted by Crippen LogP contribution is -2.48. The second kappa shape index (κ2) is 8.90. The van der Waals surface area contributed by atoms with Gasteiger partial charge in [0.25, 0.3) is 5.91 Å². The number of amides is 3. The van der Waals surface area contributed by atoms with Crippen LogP contribution in [0.25, 0.3) is 0 Å². The number of nitrogens with zero attached hydrogens (tertiary/aromatic N) is 2. The van der Waals surface area contributed by atoms with Gasteiger partial charge in [0.1, 0.15) is 11.3 Å². The monoisotopic (exact) mass is 479 g/mol. The summed E-state index contributed by atoms with van der Waals surface area (Å²) in [6.45, 7) is 3.22. The highest BCUT2D eigenvalue weighted by Gasteiger charge is 2.36. The van der Waals surface area contributed by atoms with Crippen LogP contribution < -0.4 is 5.32 Å². The first-order chi connectivity index (χ1) is 16.0. The molecule has 0 spiro atoms. The smallest absolute Gasteiger partial charge is 0.322 e. The lowest BCUT2D eigenvalue weighted by molar-refractivity contribution is -0.148. The van der Waals surface area contributed by atoms with E-state index in [0.717, 1.165) is 11.1 Å². The molecule has 2 aromatic rings. The van der Waals surface area contributed by atoms with Crippen molar-refractivity contribution in [3.8, 4) is 0 Å². The number of carbonyl (C=O) groups is 2. The van der Waals surface area contributed by atoms with Crippen LogP contribution in [-0.2, 0) is 17.9 Å². The number of likely N-dealkylation sites (tertiary alicyclic amines) is 1. The molecule has 1 saturated heterocycles. The molecule has 3 amide bonds. The third kappa shape index (κ3) is 4.34. The van der Waals surface area contributed by atoms with Gasteiger partial charge in [-0.3, -0.25) is 4.79 Å². The summed E-state index contributed by atoms with van der Waals surface area (Å²) in [5.74, 6) is -7.88. The van der Waals surface area contributed by atoms with Crippen LogP contribution >= 0.6 is 0 Å². The molecule has 0 saturated carbocycles. The van der Waals surface area contributed by atoms with Crippen LogP contribution in [0.1, 0.15) is 49.3 Å². The normalized spacial score (nSPS) is 16.6. The first-order valence-corrected chi connectivity index (χ1v) is 11.0. The zero-order valence-electron chi connectivity index (χ0n) is 18.8. The summed E-state index contributed by atoms with van der Waals surface area (Å²) in [5.41, 5.74) is -1.76. The molecule has 0 bridgehead atoms. The number of anilines is 1. The fourth-order valence-corrected chi connectivity index (χ4v) is 4.54. The minimum absolute atomic E-state index is 0.0618. The van der Waals surface area contributed by atoms with Crippen molar-refractivity contribution in [2.75, 3.05) is 18.4 Å². The van der Waals surface area contributed by atoms with E-state index in [9.17, 15) is 32.3 Å². The Labute approximate surface area is 194 Å². The van der Waals surface area contributed by atoms with Crippen molar-refractivity contribution < 1.29 is 32.3 Å². The topological polar surface area (TPSA) is 72.9 Å². The molecule has 0 aromatic heterocycles. The second-order valence-electron chi connectivity index (χ2n) is 9.23. The number of rotatable bonds is 3. The summed E-state index contributed by atoms with van der Waals surface area (Å²) in [6.07, 6.45) is 0.124. The van der Waals surface area contributed by atoms with Crippen LogP contribution in [0.4, 0.5) is 28.0 Å². The van der Waals surface area contributed by atoms with Gasteiger partial charge in [0, 0.05) is 31.7 Å². The van der Waals surface area contributed by atoms with Crippen molar-refractivity contribution in [2.24, 2.45) is 0 Å². The van der Waals surface area contributed by atoms with Gasteiger partial charge < -0.3 is 20.2 Å². The predicted octanol–water partition coefficient (Wildman–Crippen LogP) is 4.27. The second-order valence-corrected chi connectivity index (χ2v) is 9.23. The third-order valence-electron chi connectivity index (χ3n) is 6.37. The molecule has 10 heteroatoms. The minimum Gasteiger partial charge on any atom is -0.381 e. The number of hydrogen-bond donors (Lipinski definition) is 2. The van der Waals surface area contributed by atoms with Crippen molar-refractivity contribution in [1.29, 1.82) is 0 Å². The quantitative estimate of drug-likeness (QED) is 0.510. The molecule has 2 heterocycles. The predicted molar refractivity (Wildman–Crippen MR) is 116 cm³/mol. The number of carbonyl (C=O) groups excluding carboxylic acids is 2. The molecule has 1 fully saturated rings. The number of halogens is 4. The Kier molecular flexibility index (Phi) is 6.28. The van der Waals surface area contributed by atoms with Gasteiger partial charge in [0.2, 0.25) is 0 Å². The van der Waals surface area contributed by atoms with Crippen molar-refractivity contribution >= 4 is 17.6 Å². The summed E-state index contributed by atoms with van der Waals surface area (Å²) in [7, 11) is 0. The van der Waals surface area contributed by atoms with Gasteiger partial charge in [-0.1, -0.05) is 24.3 Å². The van der Waals surface area contributed by atoms with Crippen molar-refractivity contribution in [3.05, 3.63) is 64.2 Å². The van der Waals surface area contributed by atoms with E-state index in [-0.39, 0.29) is 39.0 Å². The Balaban J connectivity index is 1.51. The largest absolute Gasteiger partial charge is 0.381 e. The molecule has 4 rings (SSSR count). The molecular weight excluding hydrogens is 454 g/mol. The lowest BCUT2D eigenvalue weighted by Gasteiger charge is -2.35. The maximum Gasteiger partial charge on any atom is 0.322 e. The molecule has 2 aliphatic rings. The maximum atomic E-state index is 14.9. The van der Waals surface area contributed by atoms with E-state index in [4.69, 9.17) is 0 Å². The highest BCUT2D eigenvalue weighted by Crippen LogP contribution is 2.37. The van der Waals surface area contributed by atoms with Crippen molar-refractivity contribution in [3.63, 3.8) is 0 Å². The van der Waals surface area contributed by atoms with Gasteiger partial charge >= 0.3 is 6.03 Å². The van der Waals surface area contributed by atoms with Crippen LogP contribution in [0.15, 0.2) is 24.3 Å². The average Bonchev–Trinajstić information content (AvgIpc) is 3.24. The van der Waals surface area contributed by atoms with Gasteiger partial charge in [-0.15, -0.1) is 0 Å². The summed E-state index contributed by atoms with van der Waals surface area (Å²) in [6, 6.07) is 6.36. The van der Waals surface area contributed by atoms with Crippen LogP contribution in [-0.4, -0.2) is 45.5 Å². The number of nitrogens with one attached hydrogen (secondary N) is 1. The van der Waals surface area contributed by atoms with E-state index in [1.165, 1.54) is 23.6 Å². The molecule has 0 atom stereocenters. The first kappa shape index (κ1) is 24.0. The van der Waals surface area contributed by atoms with E-state index >= 15 is 0 Å². The fourth-order valence-electron chi connectivity index (χ4n) is 4.54.